The van der Waals surface area contributed by atoms with E-state index in [1.165, 1.54) is 4.88 Å². The van der Waals surface area contributed by atoms with Gasteiger partial charge in [-0.15, -0.1) is 11.3 Å². The van der Waals surface area contributed by atoms with Crippen molar-refractivity contribution in [3.63, 3.8) is 0 Å². The molecule has 0 fully saturated rings. The second kappa shape index (κ2) is 5.78. The summed E-state index contributed by atoms with van der Waals surface area (Å²) in [6.45, 7) is 1.73. The molecule has 14 heavy (non-hydrogen) atoms. The van der Waals surface area contributed by atoms with Crippen molar-refractivity contribution in [2.24, 2.45) is 5.73 Å². The number of rotatable bonds is 6. The Morgan fingerprint density at radius 2 is 2.36 bits per heavy atom. The fourth-order valence-corrected chi connectivity index (χ4v) is 1.87. The van der Waals surface area contributed by atoms with Gasteiger partial charge in [-0.25, -0.2) is 0 Å². The first kappa shape index (κ1) is 11.2. The van der Waals surface area contributed by atoms with E-state index >= 15 is 0 Å². The highest BCUT2D eigenvalue weighted by Crippen LogP contribution is 2.09. The molecule has 0 aliphatic carbocycles. The zero-order valence-electron chi connectivity index (χ0n) is 8.40. The van der Waals surface area contributed by atoms with E-state index in [0.29, 0.717) is 6.42 Å². The van der Waals surface area contributed by atoms with Crippen LogP contribution < -0.4 is 5.73 Å². The lowest BCUT2D eigenvalue weighted by atomic mass is 10.3. The first-order chi connectivity index (χ1) is 6.68. The molecule has 2 N–H and O–H groups in total. The first-order valence-electron chi connectivity index (χ1n) is 4.67. The Hall–Kier alpha value is -0.870. The lowest BCUT2D eigenvalue weighted by molar-refractivity contribution is -0.118. The van der Waals surface area contributed by atoms with Gasteiger partial charge in [-0.1, -0.05) is 6.07 Å². The number of carbonyl (C=O) groups is 1. The number of nitrogens with two attached hydrogens (primary N) is 1. The average Bonchev–Trinajstić information content (AvgIpc) is 2.63. The van der Waals surface area contributed by atoms with E-state index < -0.39 is 0 Å². The molecule has 0 spiro atoms. The predicted molar refractivity (Wildman–Crippen MR) is 59.3 cm³/mol. The van der Waals surface area contributed by atoms with Crippen LogP contribution in [-0.2, 0) is 11.2 Å². The fourth-order valence-electron chi connectivity index (χ4n) is 1.17. The molecule has 4 heteroatoms. The highest BCUT2D eigenvalue weighted by Gasteiger charge is 2.01. The van der Waals surface area contributed by atoms with Crippen LogP contribution in [0, 0.1) is 0 Å². The average molecular weight is 212 g/mol. The van der Waals surface area contributed by atoms with Gasteiger partial charge in [0.25, 0.3) is 0 Å². The van der Waals surface area contributed by atoms with Crippen LogP contribution in [0.25, 0.3) is 0 Å². The summed E-state index contributed by atoms with van der Waals surface area (Å²) in [6.07, 6.45) is 1.49. The molecule has 0 atom stereocenters. The lowest BCUT2D eigenvalue weighted by Gasteiger charge is -2.14. The molecule has 0 unspecified atom stereocenters. The van der Waals surface area contributed by atoms with Crippen molar-refractivity contribution >= 4 is 17.2 Å². The van der Waals surface area contributed by atoms with Gasteiger partial charge in [0.15, 0.2) is 0 Å². The Balaban J connectivity index is 2.15. The number of likely N-dealkylation sites (N-methyl/N-ethyl adjacent to an activating group) is 1. The molecular weight excluding hydrogens is 196 g/mol. The van der Waals surface area contributed by atoms with E-state index in [2.05, 4.69) is 22.4 Å². The van der Waals surface area contributed by atoms with E-state index in [1.807, 2.05) is 7.05 Å². The molecule has 1 aromatic rings. The van der Waals surface area contributed by atoms with Crippen molar-refractivity contribution in [3.05, 3.63) is 22.4 Å². The maximum Gasteiger partial charge on any atom is 0.218 e. The van der Waals surface area contributed by atoms with Crippen molar-refractivity contribution in [3.8, 4) is 0 Å². The summed E-state index contributed by atoms with van der Waals surface area (Å²) in [4.78, 5) is 14.0. The number of hydrogen-bond acceptors (Lipinski definition) is 3. The maximum atomic E-state index is 10.5. The van der Waals surface area contributed by atoms with Crippen LogP contribution in [0.1, 0.15) is 11.3 Å². The van der Waals surface area contributed by atoms with Gasteiger partial charge >= 0.3 is 0 Å². The zero-order valence-corrected chi connectivity index (χ0v) is 9.22. The quantitative estimate of drug-likeness (QED) is 0.767. The largest absolute Gasteiger partial charge is 0.370 e. The van der Waals surface area contributed by atoms with E-state index in [4.69, 9.17) is 5.73 Å². The third-order valence-corrected chi connectivity index (χ3v) is 3.00. The number of thiophene rings is 1. The molecule has 1 heterocycles. The standard InChI is InChI=1S/C10H16N2OS/c1-12(7-5-10(11)13)6-4-9-3-2-8-14-9/h2-3,8H,4-7H2,1H3,(H2,11,13). The number of carbonyl (C=O) groups excluding carboxylic acids is 1. The Labute approximate surface area is 88.5 Å². The maximum absolute atomic E-state index is 10.5. The molecule has 0 bridgehead atoms. The summed E-state index contributed by atoms with van der Waals surface area (Å²) < 4.78 is 0. The molecule has 1 rings (SSSR count). The minimum absolute atomic E-state index is 0.229. The summed E-state index contributed by atoms with van der Waals surface area (Å²) in [5.41, 5.74) is 5.07. The summed E-state index contributed by atoms with van der Waals surface area (Å²) in [7, 11) is 2.01. The third-order valence-electron chi connectivity index (χ3n) is 2.06. The van der Waals surface area contributed by atoms with Gasteiger partial charge in [0.05, 0.1) is 0 Å². The Morgan fingerprint density at radius 1 is 1.57 bits per heavy atom. The molecule has 0 radical (unpaired) electrons. The summed E-state index contributed by atoms with van der Waals surface area (Å²) in [6, 6.07) is 4.19. The SMILES string of the molecule is CN(CCC(N)=O)CCc1cccs1. The van der Waals surface area contributed by atoms with Gasteiger partial charge in [0.2, 0.25) is 5.91 Å². The van der Waals surface area contributed by atoms with Gasteiger partial charge < -0.3 is 10.6 Å². The summed E-state index contributed by atoms with van der Waals surface area (Å²) in [5, 5.41) is 2.08. The molecule has 0 aliphatic rings. The normalized spacial score (nSPS) is 10.7. The van der Waals surface area contributed by atoms with Crippen molar-refractivity contribution in [1.29, 1.82) is 0 Å². The van der Waals surface area contributed by atoms with E-state index in [9.17, 15) is 4.79 Å². The molecule has 0 aliphatic heterocycles. The van der Waals surface area contributed by atoms with Crippen molar-refractivity contribution in [2.45, 2.75) is 12.8 Å². The minimum atomic E-state index is -0.229. The molecule has 1 amide bonds. The highest BCUT2D eigenvalue weighted by molar-refractivity contribution is 7.09. The van der Waals surface area contributed by atoms with Gasteiger partial charge in [0, 0.05) is 24.4 Å². The van der Waals surface area contributed by atoms with Crippen LogP contribution in [0.4, 0.5) is 0 Å². The lowest BCUT2D eigenvalue weighted by Crippen LogP contribution is -2.26. The number of hydrogen-bond donors (Lipinski definition) is 1. The second-order valence-corrected chi connectivity index (χ2v) is 4.38. The Bertz CT molecular complexity index is 272. The van der Waals surface area contributed by atoms with Crippen LogP contribution >= 0.6 is 11.3 Å². The highest BCUT2D eigenvalue weighted by atomic mass is 32.1. The predicted octanol–water partition coefficient (Wildman–Crippen LogP) is 1.10. The third kappa shape index (κ3) is 4.39. The monoisotopic (exact) mass is 212 g/mol. The van der Waals surface area contributed by atoms with E-state index in [-0.39, 0.29) is 5.91 Å². The molecule has 1 aromatic heterocycles. The van der Waals surface area contributed by atoms with Gasteiger partial charge in [-0.3, -0.25) is 4.79 Å². The number of amides is 1. The van der Waals surface area contributed by atoms with Crippen molar-refractivity contribution in [2.75, 3.05) is 20.1 Å². The summed E-state index contributed by atoms with van der Waals surface area (Å²) in [5.74, 6) is -0.229. The molecule has 3 nitrogen and oxygen atoms in total. The van der Waals surface area contributed by atoms with Crippen molar-refractivity contribution < 1.29 is 4.79 Å². The topological polar surface area (TPSA) is 46.3 Å². The second-order valence-electron chi connectivity index (χ2n) is 3.35. The Kier molecular flexibility index (Phi) is 4.62. The van der Waals surface area contributed by atoms with E-state index in [0.717, 1.165) is 19.5 Å². The fraction of sp³-hybridized carbons (Fsp3) is 0.500. The molecule has 0 saturated carbocycles. The first-order valence-corrected chi connectivity index (χ1v) is 5.55. The Morgan fingerprint density at radius 3 is 2.93 bits per heavy atom. The van der Waals surface area contributed by atoms with Gasteiger partial charge in [-0.2, -0.15) is 0 Å². The minimum Gasteiger partial charge on any atom is -0.370 e. The number of primary amides is 1. The zero-order chi connectivity index (χ0) is 10.4. The molecular formula is C10H16N2OS. The van der Waals surface area contributed by atoms with Crippen LogP contribution in [-0.4, -0.2) is 30.9 Å². The van der Waals surface area contributed by atoms with Crippen molar-refractivity contribution in [1.82, 2.24) is 4.90 Å². The smallest absolute Gasteiger partial charge is 0.218 e. The van der Waals surface area contributed by atoms with E-state index in [1.54, 1.807) is 11.3 Å². The van der Waals surface area contributed by atoms with Crippen LogP contribution in [0.5, 0.6) is 0 Å². The summed E-state index contributed by atoms with van der Waals surface area (Å²) >= 11 is 1.77. The van der Waals surface area contributed by atoms with Gasteiger partial charge in [-0.05, 0) is 24.9 Å². The van der Waals surface area contributed by atoms with Gasteiger partial charge in [0.1, 0.15) is 0 Å². The molecule has 0 saturated heterocycles. The molecule has 0 aromatic carbocycles. The number of nitrogens with zero attached hydrogens (tertiary/aromatic N) is 1. The van der Waals surface area contributed by atoms with Crippen LogP contribution in [0.2, 0.25) is 0 Å². The molecule has 78 valence electrons. The van der Waals surface area contributed by atoms with Crippen LogP contribution in [0.3, 0.4) is 0 Å². The van der Waals surface area contributed by atoms with Crippen LogP contribution in [0.15, 0.2) is 17.5 Å².